The Bertz CT molecular complexity index is 6040. The fourth-order valence-electron chi connectivity index (χ4n) is 21.3. The lowest BCUT2D eigenvalue weighted by Gasteiger charge is -2.26. The molecule has 0 amide bonds. The van der Waals surface area contributed by atoms with Crippen molar-refractivity contribution in [3.05, 3.63) is 168 Å². The molecule has 0 radical (unpaired) electrons. The van der Waals surface area contributed by atoms with Gasteiger partial charge in [0.15, 0.2) is 0 Å². The Labute approximate surface area is 639 Å². The maximum atomic E-state index is 16.3. The molecular weight excluding hydrogens is 1360 g/mol. The van der Waals surface area contributed by atoms with Gasteiger partial charge in [-0.05, 0) is 220 Å². The molecular formula is C98H106N4O8. The molecule has 13 aromatic carbocycles. The highest BCUT2D eigenvalue weighted by Gasteiger charge is 2.34. The molecule has 0 unspecified atom stereocenters. The van der Waals surface area contributed by atoms with Crippen LogP contribution < -0.4 is 44.5 Å². The van der Waals surface area contributed by atoms with Crippen LogP contribution in [0.1, 0.15) is 285 Å². The minimum atomic E-state index is -0.313. The number of hydrogen-bond donors (Lipinski definition) is 0. The van der Waals surface area contributed by atoms with Crippen molar-refractivity contribution in [1.29, 1.82) is 0 Å². The summed E-state index contributed by atoms with van der Waals surface area (Å²) in [6.07, 6.45) is 28.6. The first-order valence-corrected chi connectivity index (χ1v) is 43.0. The van der Waals surface area contributed by atoms with Gasteiger partial charge in [0, 0.05) is 88.8 Å². The van der Waals surface area contributed by atoms with Crippen LogP contribution in [0.3, 0.4) is 0 Å². The largest absolute Gasteiger partial charge is 0.271 e. The van der Waals surface area contributed by atoms with Gasteiger partial charge in [-0.2, -0.15) is 0 Å². The minimum Gasteiger partial charge on any atom is -0.271 e. The third-order valence-electron chi connectivity index (χ3n) is 26.7. The summed E-state index contributed by atoms with van der Waals surface area (Å²) in [4.78, 5) is 128. The molecule has 0 spiro atoms. The van der Waals surface area contributed by atoms with Crippen LogP contribution in [0.15, 0.2) is 123 Å². The van der Waals surface area contributed by atoms with E-state index in [1.165, 1.54) is 0 Å². The van der Waals surface area contributed by atoms with Crippen molar-refractivity contribution in [2.75, 3.05) is 0 Å². The third-order valence-corrected chi connectivity index (χ3v) is 26.7. The molecule has 0 aliphatic rings. The SMILES string of the molecule is CCCCCC(CCCCC)n1c(=O)c2ccc3c4ccc5c(=O)n(C(CCCCC)CCCCC)c(=O)c6cc7c8cc9c(cc8c8cc(c1=O)c2c3c8c7c4c56)c1cc2c(=O)n(C(CCCCC)CCCCC)c(=O)c3ccc4c5ccc6c(=O)n(C(CCCCC)CCCCC)c(=O)c7cc9c(c5c67)c1c4c32. The van der Waals surface area contributed by atoms with Gasteiger partial charge < -0.3 is 0 Å². The fraction of sp³-hybridized carbons (Fsp3) is 0.449. The number of hydrogen-bond acceptors (Lipinski definition) is 8. The Kier molecular flexibility index (Phi) is 19.8. The van der Waals surface area contributed by atoms with Gasteiger partial charge in [0.1, 0.15) is 0 Å². The number of benzene rings is 13. The molecule has 110 heavy (non-hydrogen) atoms. The molecule has 0 N–H and O–H groups in total. The zero-order valence-corrected chi connectivity index (χ0v) is 66.1. The summed E-state index contributed by atoms with van der Waals surface area (Å²) in [6, 6.07) is 27.3. The van der Waals surface area contributed by atoms with E-state index in [9.17, 15) is 0 Å². The number of nitrogens with zero attached hydrogens (tertiary/aromatic N) is 4. The zero-order chi connectivity index (χ0) is 76.2. The van der Waals surface area contributed by atoms with E-state index in [1.54, 1.807) is 18.3 Å². The molecule has 4 heterocycles. The first-order valence-electron chi connectivity index (χ1n) is 43.0. The summed E-state index contributed by atoms with van der Waals surface area (Å²) in [7, 11) is 0. The Balaban J connectivity index is 1.10. The van der Waals surface area contributed by atoms with Crippen LogP contribution in [0.5, 0.6) is 0 Å². The quantitative estimate of drug-likeness (QED) is 0.0213. The van der Waals surface area contributed by atoms with Gasteiger partial charge >= 0.3 is 0 Å². The number of fused-ring (bicyclic) bond motifs is 8. The average molecular weight is 1470 g/mol. The maximum Gasteiger partial charge on any atom is 0.261 e. The van der Waals surface area contributed by atoms with Crippen molar-refractivity contribution < 1.29 is 0 Å². The summed E-state index contributed by atoms with van der Waals surface area (Å²) < 4.78 is 6.41. The van der Waals surface area contributed by atoms with Crippen LogP contribution in [0, 0.1) is 0 Å². The topological polar surface area (TPSA) is 156 Å². The average Bonchev–Trinajstić information content (AvgIpc) is 0.665. The van der Waals surface area contributed by atoms with Crippen molar-refractivity contribution in [3.8, 4) is 0 Å². The first-order chi connectivity index (χ1) is 53.7. The van der Waals surface area contributed by atoms with Gasteiger partial charge in [-0.3, -0.25) is 56.6 Å². The second kappa shape index (κ2) is 29.7. The van der Waals surface area contributed by atoms with Gasteiger partial charge in [-0.1, -0.05) is 234 Å². The summed E-state index contributed by atoms with van der Waals surface area (Å²) in [5, 5.41) is 22.3. The highest BCUT2D eigenvalue weighted by Crippen LogP contribution is 2.55. The van der Waals surface area contributed by atoms with Gasteiger partial charge in [0.2, 0.25) is 0 Å². The van der Waals surface area contributed by atoms with E-state index in [2.05, 4.69) is 91.8 Å². The number of pyridine rings is 4. The van der Waals surface area contributed by atoms with Crippen molar-refractivity contribution in [2.45, 2.75) is 285 Å². The monoisotopic (exact) mass is 1470 g/mol. The van der Waals surface area contributed by atoms with E-state index in [0.29, 0.717) is 116 Å². The molecule has 0 saturated carbocycles. The molecule has 12 nitrogen and oxygen atoms in total. The molecule has 0 bridgehead atoms. The second-order valence-electron chi connectivity index (χ2n) is 33.5. The van der Waals surface area contributed by atoms with E-state index < -0.39 is 0 Å². The van der Waals surface area contributed by atoms with Gasteiger partial charge in [-0.15, -0.1) is 0 Å². The molecule has 0 aliphatic carbocycles. The Hall–Kier alpha value is -9.42. The Morgan fingerprint density at radius 3 is 0.491 bits per heavy atom. The molecule has 566 valence electrons. The molecule has 17 aromatic rings. The summed E-state index contributed by atoms with van der Waals surface area (Å²) in [5.41, 5.74) is -2.39. The molecule has 17 rings (SSSR count). The summed E-state index contributed by atoms with van der Waals surface area (Å²) in [6.45, 7) is 17.4. The maximum absolute atomic E-state index is 16.3. The van der Waals surface area contributed by atoms with E-state index in [1.807, 2.05) is 48.5 Å². The molecule has 12 heteroatoms. The predicted molar refractivity (Wildman–Crippen MR) is 467 cm³/mol. The molecule has 0 fully saturated rings. The lowest BCUT2D eigenvalue weighted by molar-refractivity contribution is 0.387. The van der Waals surface area contributed by atoms with Gasteiger partial charge in [-0.25, -0.2) is 0 Å². The van der Waals surface area contributed by atoms with Crippen LogP contribution in [0.25, 0.3) is 172 Å². The smallest absolute Gasteiger partial charge is 0.261 e. The highest BCUT2D eigenvalue weighted by molar-refractivity contribution is 6.52. The van der Waals surface area contributed by atoms with Crippen LogP contribution in [-0.2, 0) is 0 Å². The van der Waals surface area contributed by atoms with Crippen molar-refractivity contribution in [3.63, 3.8) is 0 Å². The lowest BCUT2D eigenvalue weighted by atomic mass is 9.78. The first kappa shape index (κ1) is 73.4. The lowest BCUT2D eigenvalue weighted by Crippen LogP contribution is -2.37. The summed E-state index contributed by atoms with van der Waals surface area (Å²) >= 11 is 0. The zero-order valence-electron chi connectivity index (χ0n) is 66.1. The molecule has 0 saturated heterocycles. The predicted octanol–water partition coefficient (Wildman–Crippen LogP) is 24.5. The molecule has 0 atom stereocenters. The second-order valence-corrected chi connectivity index (χ2v) is 33.5. The van der Waals surface area contributed by atoms with Crippen molar-refractivity contribution >= 4 is 172 Å². The van der Waals surface area contributed by atoms with Crippen molar-refractivity contribution in [1.82, 2.24) is 18.3 Å². The normalized spacial score (nSPS) is 13.1. The van der Waals surface area contributed by atoms with Crippen LogP contribution in [-0.4, -0.2) is 18.3 Å². The standard InChI is InChI=1S/C98H106N4O8/c1-9-17-25-33-55(34-26-18-10-2)99-91(103)63-45-41-59-60-42-46-64-80-76(96(108)100(92(64)104)56(35-27-19-11-3)36-28-20-12-4)52-72-68-50-70-69(49-67(68)71-51-75(95(99)107)79(63)83(59)87(71)88(72)84(60)80)73-53-77-81-65(93(105)101(97(77)109)57(37-29-21-13-5)38-30-22-14-6)47-43-61-62-44-48-66-82-78(54-74(70)90(86(62)82)89(73)85(61)81)98(110)102(94(66)106)58(39-31-23-15-7)40-32-24-16-8/h41-58H,9-40H2,1-8H3. The molecule has 0 aliphatic heterocycles. The van der Waals surface area contributed by atoms with Crippen molar-refractivity contribution in [2.24, 2.45) is 0 Å². The van der Waals surface area contributed by atoms with Crippen LogP contribution in [0.4, 0.5) is 0 Å². The van der Waals surface area contributed by atoms with Gasteiger partial charge in [0.25, 0.3) is 44.5 Å². The van der Waals surface area contributed by atoms with E-state index in [4.69, 9.17) is 0 Å². The minimum absolute atomic E-state index is 0.285. The van der Waals surface area contributed by atoms with E-state index in [-0.39, 0.29) is 68.6 Å². The van der Waals surface area contributed by atoms with Crippen LogP contribution >= 0.6 is 0 Å². The number of unbranched alkanes of at least 4 members (excludes halogenated alkanes) is 16. The van der Waals surface area contributed by atoms with E-state index in [0.717, 1.165) is 262 Å². The number of aromatic nitrogens is 4. The van der Waals surface area contributed by atoms with Gasteiger partial charge in [0.05, 0.1) is 0 Å². The highest BCUT2D eigenvalue weighted by atomic mass is 16.2. The fourth-order valence-corrected chi connectivity index (χ4v) is 21.3. The Morgan fingerprint density at radius 2 is 0.318 bits per heavy atom. The van der Waals surface area contributed by atoms with Crippen LogP contribution in [0.2, 0.25) is 0 Å². The van der Waals surface area contributed by atoms with E-state index >= 15 is 38.4 Å². The number of rotatable bonds is 36. The molecule has 4 aromatic heterocycles. The summed E-state index contributed by atoms with van der Waals surface area (Å²) in [5.74, 6) is 0. The third kappa shape index (κ3) is 11.1. The Morgan fingerprint density at radius 1 is 0.173 bits per heavy atom.